The summed E-state index contributed by atoms with van der Waals surface area (Å²) in [6.45, 7) is 0. The molecule has 1 amide bonds. The quantitative estimate of drug-likeness (QED) is 0.744. The number of aliphatic hydroxyl groups is 1. The molecule has 2 aromatic carbocycles. The summed E-state index contributed by atoms with van der Waals surface area (Å²) >= 11 is 5.75. The van der Waals surface area contributed by atoms with E-state index in [1.54, 1.807) is 24.3 Å². The Bertz CT molecular complexity index is 602. The fraction of sp³-hybridized carbons (Fsp3) is 0.133. The standard InChI is InChI=1S/C15H14ClFN2O2/c16-11-3-1-10(2-4-11)14(20)9-15(21)19-18-13-7-5-12(17)6-8-13/h1-8,14,18,20H,9H2,(H,19,21). The van der Waals surface area contributed by atoms with E-state index in [4.69, 9.17) is 11.6 Å². The van der Waals surface area contributed by atoms with Crippen LogP contribution in [-0.4, -0.2) is 11.0 Å². The van der Waals surface area contributed by atoms with E-state index >= 15 is 0 Å². The van der Waals surface area contributed by atoms with Crippen molar-refractivity contribution < 1.29 is 14.3 Å². The van der Waals surface area contributed by atoms with Crippen LogP contribution in [0.3, 0.4) is 0 Å². The third kappa shape index (κ3) is 4.73. The minimum Gasteiger partial charge on any atom is -0.388 e. The topological polar surface area (TPSA) is 61.4 Å². The highest BCUT2D eigenvalue weighted by Gasteiger charge is 2.12. The van der Waals surface area contributed by atoms with Gasteiger partial charge >= 0.3 is 0 Å². The van der Waals surface area contributed by atoms with Gasteiger partial charge in [0, 0.05) is 5.02 Å². The molecule has 110 valence electrons. The predicted octanol–water partition coefficient (Wildman–Crippen LogP) is 3.05. The number of hydrazine groups is 1. The van der Waals surface area contributed by atoms with E-state index in [1.165, 1.54) is 24.3 Å². The maximum atomic E-state index is 12.7. The maximum Gasteiger partial charge on any atom is 0.241 e. The second-order valence-corrected chi connectivity index (χ2v) is 4.89. The van der Waals surface area contributed by atoms with Crippen molar-refractivity contribution in [2.75, 3.05) is 5.43 Å². The van der Waals surface area contributed by atoms with Crippen LogP contribution in [0.25, 0.3) is 0 Å². The first-order valence-corrected chi connectivity index (χ1v) is 6.66. The van der Waals surface area contributed by atoms with Gasteiger partial charge < -0.3 is 5.11 Å². The van der Waals surface area contributed by atoms with E-state index < -0.39 is 6.10 Å². The van der Waals surface area contributed by atoms with Gasteiger partial charge in [-0.2, -0.15) is 0 Å². The largest absolute Gasteiger partial charge is 0.388 e. The number of amides is 1. The van der Waals surface area contributed by atoms with E-state index in [-0.39, 0.29) is 18.1 Å². The number of halogens is 2. The van der Waals surface area contributed by atoms with Gasteiger partial charge in [0.05, 0.1) is 18.2 Å². The molecule has 0 aliphatic heterocycles. The van der Waals surface area contributed by atoms with Crippen molar-refractivity contribution in [3.8, 4) is 0 Å². The smallest absolute Gasteiger partial charge is 0.241 e. The molecule has 0 heterocycles. The van der Waals surface area contributed by atoms with E-state index in [1.807, 2.05) is 0 Å². The number of benzene rings is 2. The minimum atomic E-state index is -0.919. The van der Waals surface area contributed by atoms with E-state index in [9.17, 15) is 14.3 Å². The summed E-state index contributed by atoms with van der Waals surface area (Å²) < 4.78 is 12.7. The van der Waals surface area contributed by atoms with Crippen molar-refractivity contribution >= 4 is 23.2 Å². The van der Waals surface area contributed by atoms with Crippen LogP contribution in [0.1, 0.15) is 18.1 Å². The summed E-state index contributed by atoms with van der Waals surface area (Å²) in [5.74, 6) is -0.744. The Balaban J connectivity index is 1.83. The molecule has 0 saturated heterocycles. The molecule has 0 aliphatic rings. The molecule has 0 aromatic heterocycles. The van der Waals surface area contributed by atoms with Crippen LogP contribution in [0.15, 0.2) is 48.5 Å². The van der Waals surface area contributed by atoms with Crippen LogP contribution in [0.5, 0.6) is 0 Å². The van der Waals surface area contributed by atoms with Gasteiger partial charge in [0.25, 0.3) is 0 Å². The van der Waals surface area contributed by atoms with Crippen LogP contribution < -0.4 is 10.9 Å². The summed E-state index contributed by atoms with van der Waals surface area (Å²) in [6, 6.07) is 12.1. The molecule has 2 aromatic rings. The summed E-state index contributed by atoms with van der Waals surface area (Å²) in [4.78, 5) is 11.7. The van der Waals surface area contributed by atoms with Crippen LogP contribution in [0.4, 0.5) is 10.1 Å². The Morgan fingerprint density at radius 1 is 1.14 bits per heavy atom. The zero-order valence-electron chi connectivity index (χ0n) is 11.0. The second-order valence-electron chi connectivity index (χ2n) is 4.45. The Morgan fingerprint density at radius 3 is 2.38 bits per heavy atom. The Kier molecular flexibility index (Phi) is 5.14. The SMILES string of the molecule is O=C(CC(O)c1ccc(Cl)cc1)NNc1ccc(F)cc1. The van der Waals surface area contributed by atoms with Crippen LogP contribution in [-0.2, 0) is 4.79 Å². The number of rotatable bonds is 5. The molecular formula is C15H14ClFN2O2. The number of hydrogen-bond donors (Lipinski definition) is 3. The van der Waals surface area contributed by atoms with Gasteiger partial charge in [-0.05, 0) is 42.0 Å². The monoisotopic (exact) mass is 308 g/mol. The lowest BCUT2D eigenvalue weighted by Crippen LogP contribution is -2.30. The van der Waals surface area contributed by atoms with Crippen molar-refractivity contribution in [1.29, 1.82) is 0 Å². The summed E-state index contributed by atoms with van der Waals surface area (Å²) in [5, 5.41) is 10.5. The predicted molar refractivity (Wildman–Crippen MR) is 79.2 cm³/mol. The molecule has 0 saturated carbocycles. The molecule has 2 rings (SSSR count). The second kappa shape index (κ2) is 7.06. The fourth-order valence-electron chi connectivity index (χ4n) is 1.70. The molecule has 6 heteroatoms. The average Bonchev–Trinajstić information content (AvgIpc) is 2.47. The number of anilines is 1. The molecule has 0 spiro atoms. The highest BCUT2D eigenvalue weighted by atomic mass is 35.5. The van der Waals surface area contributed by atoms with Crippen LogP contribution >= 0.6 is 11.6 Å². The molecule has 0 bridgehead atoms. The van der Waals surface area contributed by atoms with E-state index in [0.717, 1.165) is 0 Å². The van der Waals surface area contributed by atoms with Crippen molar-refractivity contribution in [1.82, 2.24) is 5.43 Å². The van der Waals surface area contributed by atoms with Crippen molar-refractivity contribution in [2.24, 2.45) is 0 Å². The number of carbonyl (C=O) groups excluding carboxylic acids is 1. The van der Waals surface area contributed by atoms with E-state index in [0.29, 0.717) is 16.3 Å². The first-order chi connectivity index (χ1) is 10.0. The Labute approximate surface area is 126 Å². The molecule has 21 heavy (non-hydrogen) atoms. The van der Waals surface area contributed by atoms with Gasteiger partial charge in [0.2, 0.25) is 5.91 Å². The number of nitrogens with one attached hydrogen (secondary N) is 2. The van der Waals surface area contributed by atoms with Gasteiger partial charge in [0.1, 0.15) is 5.82 Å². The van der Waals surface area contributed by atoms with Gasteiger partial charge in [-0.25, -0.2) is 4.39 Å². The molecular weight excluding hydrogens is 295 g/mol. The minimum absolute atomic E-state index is 0.101. The zero-order valence-corrected chi connectivity index (χ0v) is 11.8. The third-order valence-electron chi connectivity index (χ3n) is 2.82. The molecule has 3 N–H and O–H groups in total. The summed E-state index contributed by atoms with van der Waals surface area (Å²) in [7, 11) is 0. The molecule has 1 unspecified atom stereocenters. The number of aliphatic hydroxyl groups excluding tert-OH is 1. The Morgan fingerprint density at radius 2 is 1.76 bits per heavy atom. The first kappa shape index (κ1) is 15.3. The number of hydrogen-bond acceptors (Lipinski definition) is 3. The molecule has 0 fully saturated rings. The number of carbonyl (C=O) groups is 1. The molecule has 0 radical (unpaired) electrons. The lowest BCUT2D eigenvalue weighted by Gasteiger charge is -2.12. The van der Waals surface area contributed by atoms with Crippen LogP contribution in [0.2, 0.25) is 5.02 Å². The van der Waals surface area contributed by atoms with Crippen LogP contribution in [0, 0.1) is 5.82 Å². The lowest BCUT2D eigenvalue weighted by molar-refractivity contribution is -0.122. The molecule has 0 aliphatic carbocycles. The third-order valence-corrected chi connectivity index (χ3v) is 3.08. The van der Waals surface area contributed by atoms with Crippen molar-refractivity contribution in [2.45, 2.75) is 12.5 Å². The highest BCUT2D eigenvalue weighted by Crippen LogP contribution is 2.19. The van der Waals surface area contributed by atoms with Crippen molar-refractivity contribution in [3.63, 3.8) is 0 Å². The molecule has 1 atom stereocenters. The molecule has 4 nitrogen and oxygen atoms in total. The average molecular weight is 309 g/mol. The Hall–Kier alpha value is -2.11. The summed E-state index contributed by atoms with van der Waals surface area (Å²) in [5.41, 5.74) is 6.23. The maximum absolute atomic E-state index is 12.7. The van der Waals surface area contributed by atoms with Gasteiger partial charge in [0.15, 0.2) is 0 Å². The zero-order chi connectivity index (χ0) is 15.2. The van der Waals surface area contributed by atoms with Crippen molar-refractivity contribution in [3.05, 3.63) is 64.9 Å². The first-order valence-electron chi connectivity index (χ1n) is 6.28. The normalized spacial score (nSPS) is 11.8. The lowest BCUT2D eigenvalue weighted by atomic mass is 10.1. The van der Waals surface area contributed by atoms with Gasteiger partial charge in [-0.1, -0.05) is 23.7 Å². The summed E-state index contributed by atoms with van der Waals surface area (Å²) in [6.07, 6.45) is -1.02. The fourth-order valence-corrected chi connectivity index (χ4v) is 1.83. The van der Waals surface area contributed by atoms with Gasteiger partial charge in [-0.15, -0.1) is 0 Å². The highest BCUT2D eigenvalue weighted by molar-refractivity contribution is 6.30. The van der Waals surface area contributed by atoms with E-state index in [2.05, 4.69) is 10.9 Å². The van der Waals surface area contributed by atoms with Gasteiger partial charge in [-0.3, -0.25) is 15.6 Å².